The first-order valence-electron chi connectivity index (χ1n) is 13.2. The maximum atomic E-state index is 13.8. The fraction of sp³-hybridized carbons (Fsp3) is 0.429. The standard InChI is InChI=1S/C28H34F2N4O5S/c1-2-18-4-3-5-20(8-18)14-31-15-26(35)25(11-21-9-22(29)12-23(30)10-21)33-27(36)13-24-16-39-28(32-24)34-40(37,38)17-19-6-7-19/h3-5,8-10,12,16,19,25-26,31,35H,2,6-7,11,13-15,17H2,1H3,(H,32,34)(H,33,36)/t25-,26+/m0/s1. The number of hydrogen-bond acceptors (Lipinski definition) is 7. The monoisotopic (exact) mass is 576 g/mol. The quantitative estimate of drug-likeness (QED) is 0.219. The molecule has 2 atom stereocenters. The molecule has 1 aliphatic rings. The molecule has 2 aromatic carbocycles. The number of aryl methyl sites for hydroxylation is 1. The highest BCUT2D eigenvalue weighted by atomic mass is 32.2. The van der Waals surface area contributed by atoms with Gasteiger partial charge in [-0.05, 0) is 60.4 Å². The second kappa shape index (κ2) is 13.3. The number of anilines is 1. The van der Waals surface area contributed by atoms with Crippen molar-refractivity contribution < 1.29 is 31.5 Å². The molecule has 0 radical (unpaired) electrons. The number of nitrogens with zero attached hydrogens (tertiary/aromatic N) is 1. The summed E-state index contributed by atoms with van der Waals surface area (Å²) >= 11 is 0. The van der Waals surface area contributed by atoms with E-state index in [4.69, 9.17) is 4.42 Å². The van der Waals surface area contributed by atoms with E-state index >= 15 is 0 Å². The molecule has 4 N–H and O–H groups in total. The van der Waals surface area contributed by atoms with Crippen LogP contribution in [0.3, 0.4) is 0 Å². The summed E-state index contributed by atoms with van der Waals surface area (Å²) in [5, 5.41) is 16.8. The molecule has 3 aromatic rings. The molecule has 9 nitrogen and oxygen atoms in total. The molecule has 0 aliphatic heterocycles. The number of sulfonamides is 1. The number of halogens is 2. The molecule has 1 saturated carbocycles. The summed E-state index contributed by atoms with van der Waals surface area (Å²) in [6.07, 6.45) is 2.43. The first-order valence-corrected chi connectivity index (χ1v) is 14.9. The number of carbonyl (C=O) groups excluding carboxylic acids is 1. The summed E-state index contributed by atoms with van der Waals surface area (Å²) in [5.74, 6) is -1.92. The van der Waals surface area contributed by atoms with E-state index in [2.05, 4.69) is 33.3 Å². The molecule has 4 rings (SSSR count). The van der Waals surface area contributed by atoms with Crippen LogP contribution in [0, 0.1) is 17.6 Å². The molecule has 0 saturated heterocycles. The number of aliphatic hydroxyl groups is 1. The lowest BCUT2D eigenvalue weighted by Gasteiger charge is -2.25. The number of benzene rings is 2. The molecule has 1 fully saturated rings. The van der Waals surface area contributed by atoms with Crippen molar-refractivity contribution in [1.29, 1.82) is 0 Å². The first kappa shape index (κ1) is 29.6. The van der Waals surface area contributed by atoms with E-state index in [0.29, 0.717) is 6.54 Å². The number of aliphatic hydroxyl groups excluding tert-OH is 1. The van der Waals surface area contributed by atoms with E-state index in [-0.39, 0.29) is 48.3 Å². The van der Waals surface area contributed by atoms with Gasteiger partial charge in [0.2, 0.25) is 15.9 Å². The Kier molecular flexibility index (Phi) is 9.88. The molecular weight excluding hydrogens is 542 g/mol. The van der Waals surface area contributed by atoms with E-state index in [9.17, 15) is 27.1 Å². The molecule has 0 bridgehead atoms. The van der Waals surface area contributed by atoms with Crippen molar-refractivity contribution in [3.05, 3.63) is 82.7 Å². The normalized spacial score (nSPS) is 15.0. The van der Waals surface area contributed by atoms with Crippen LogP contribution in [0.15, 0.2) is 53.1 Å². The zero-order valence-electron chi connectivity index (χ0n) is 22.2. The molecule has 0 unspecified atom stereocenters. The molecule has 1 aliphatic carbocycles. The largest absolute Gasteiger partial charge is 0.431 e. The molecule has 12 heteroatoms. The number of carbonyl (C=O) groups is 1. The molecule has 216 valence electrons. The highest BCUT2D eigenvalue weighted by Crippen LogP contribution is 2.30. The van der Waals surface area contributed by atoms with Crippen molar-refractivity contribution in [3.8, 4) is 0 Å². The predicted molar refractivity (Wildman–Crippen MR) is 146 cm³/mol. The maximum absolute atomic E-state index is 13.8. The van der Waals surface area contributed by atoms with Crippen LogP contribution in [-0.4, -0.2) is 48.9 Å². The Hall–Kier alpha value is -3.35. The van der Waals surface area contributed by atoms with Gasteiger partial charge in [0.05, 0.1) is 30.0 Å². The average molecular weight is 577 g/mol. The van der Waals surface area contributed by atoms with E-state index in [1.807, 2.05) is 18.2 Å². The number of amides is 1. The summed E-state index contributed by atoms with van der Waals surface area (Å²) in [4.78, 5) is 16.9. The van der Waals surface area contributed by atoms with Crippen LogP contribution in [-0.2, 0) is 40.6 Å². The van der Waals surface area contributed by atoms with Crippen LogP contribution < -0.4 is 15.4 Å². The highest BCUT2D eigenvalue weighted by molar-refractivity contribution is 7.92. The Morgan fingerprint density at radius 1 is 1.12 bits per heavy atom. The predicted octanol–water partition coefficient (Wildman–Crippen LogP) is 3.09. The van der Waals surface area contributed by atoms with Gasteiger partial charge in [0.25, 0.3) is 0 Å². The van der Waals surface area contributed by atoms with Gasteiger partial charge in [-0.2, -0.15) is 4.98 Å². The van der Waals surface area contributed by atoms with Gasteiger partial charge >= 0.3 is 6.01 Å². The van der Waals surface area contributed by atoms with Crippen LogP contribution in [0.1, 0.15) is 42.1 Å². The van der Waals surface area contributed by atoms with Gasteiger partial charge in [-0.3, -0.25) is 4.79 Å². The number of hydrogen-bond donors (Lipinski definition) is 4. The Bertz CT molecular complexity index is 1390. The van der Waals surface area contributed by atoms with Gasteiger partial charge < -0.3 is 20.2 Å². The zero-order chi connectivity index (χ0) is 28.7. The Morgan fingerprint density at radius 2 is 1.85 bits per heavy atom. The van der Waals surface area contributed by atoms with Crippen molar-refractivity contribution in [2.75, 3.05) is 17.0 Å². The topological polar surface area (TPSA) is 134 Å². The third-order valence-electron chi connectivity index (χ3n) is 6.56. The summed E-state index contributed by atoms with van der Waals surface area (Å²) in [7, 11) is -3.60. The number of aromatic nitrogens is 1. The average Bonchev–Trinajstić information content (AvgIpc) is 3.58. The SMILES string of the molecule is CCc1cccc(CNC[C@@H](O)[C@H](Cc2cc(F)cc(F)c2)NC(=O)Cc2coc(NS(=O)(=O)CC3CC3)n2)c1. The van der Waals surface area contributed by atoms with Gasteiger partial charge in [0.1, 0.15) is 17.9 Å². The molecular formula is C28H34F2N4O5S. The second-order valence-electron chi connectivity index (χ2n) is 10.2. The van der Waals surface area contributed by atoms with Crippen LogP contribution in [0.25, 0.3) is 0 Å². The Morgan fingerprint density at radius 3 is 2.55 bits per heavy atom. The minimum absolute atomic E-state index is 0.0104. The fourth-order valence-corrected chi connectivity index (χ4v) is 5.76. The van der Waals surface area contributed by atoms with Crippen molar-refractivity contribution in [2.24, 2.45) is 5.92 Å². The van der Waals surface area contributed by atoms with Crippen molar-refractivity contribution in [2.45, 2.75) is 57.7 Å². The minimum atomic E-state index is -3.60. The number of oxazole rings is 1. The van der Waals surface area contributed by atoms with Crippen LogP contribution in [0.5, 0.6) is 0 Å². The van der Waals surface area contributed by atoms with Gasteiger partial charge in [-0.1, -0.05) is 31.2 Å². The van der Waals surface area contributed by atoms with E-state index in [1.54, 1.807) is 0 Å². The summed E-state index contributed by atoms with van der Waals surface area (Å²) in [6.45, 7) is 2.65. The highest BCUT2D eigenvalue weighted by Gasteiger charge is 2.29. The lowest BCUT2D eigenvalue weighted by molar-refractivity contribution is -0.122. The fourth-order valence-electron chi connectivity index (χ4n) is 4.36. The number of nitrogens with one attached hydrogen (secondary N) is 3. The zero-order valence-corrected chi connectivity index (χ0v) is 23.0. The summed E-state index contributed by atoms with van der Waals surface area (Å²) in [5.41, 5.74) is 2.67. The smallest absolute Gasteiger partial charge is 0.308 e. The van der Waals surface area contributed by atoms with Gasteiger partial charge in [-0.25, -0.2) is 21.9 Å². The maximum Gasteiger partial charge on any atom is 0.308 e. The Labute approximate surface area is 232 Å². The van der Waals surface area contributed by atoms with E-state index in [0.717, 1.165) is 43.0 Å². The minimum Gasteiger partial charge on any atom is -0.431 e. The molecule has 0 spiro atoms. The van der Waals surface area contributed by atoms with Crippen LogP contribution in [0.4, 0.5) is 14.8 Å². The van der Waals surface area contributed by atoms with Crippen LogP contribution >= 0.6 is 0 Å². The molecule has 1 amide bonds. The lowest BCUT2D eigenvalue weighted by atomic mass is 10.00. The van der Waals surface area contributed by atoms with Gasteiger partial charge in [0.15, 0.2) is 0 Å². The lowest BCUT2D eigenvalue weighted by Crippen LogP contribution is -2.49. The second-order valence-corrected chi connectivity index (χ2v) is 11.9. The van der Waals surface area contributed by atoms with Gasteiger partial charge in [-0.15, -0.1) is 0 Å². The van der Waals surface area contributed by atoms with E-state index in [1.165, 1.54) is 11.8 Å². The third kappa shape index (κ3) is 9.39. The third-order valence-corrected chi connectivity index (χ3v) is 7.96. The molecule has 40 heavy (non-hydrogen) atoms. The number of rotatable bonds is 15. The van der Waals surface area contributed by atoms with Crippen molar-refractivity contribution in [3.63, 3.8) is 0 Å². The Balaban J connectivity index is 1.37. The van der Waals surface area contributed by atoms with Gasteiger partial charge in [0, 0.05) is 19.2 Å². The first-order chi connectivity index (χ1) is 19.1. The van der Waals surface area contributed by atoms with E-state index < -0.39 is 39.7 Å². The summed E-state index contributed by atoms with van der Waals surface area (Å²) < 4.78 is 59.4. The molecule has 1 heterocycles. The summed E-state index contributed by atoms with van der Waals surface area (Å²) in [6, 6.07) is 9.95. The molecule has 1 aromatic heterocycles. The van der Waals surface area contributed by atoms with Crippen molar-refractivity contribution >= 4 is 21.9 Å². The van der Waals surface area contributed by atoms with Crippen LogP contribution in [0.2, 0.25) is 0 Å². The van der Waals surface area contributed by atoms with Crippen molar-refractivity contribution in [1.82, 2.24) is 15.6 Å².